The summed E-state index contributed by atoms with van der Waals surface area (Å²) in [5.41, 5.74) is 4.37. The van der Waals surface area contributed by atoms with Gasteiger partial charge in [-0.15, -0.1) is 0 Å². The SMILES string of the molecule is NNC(Cc1cccc(Br)c1)C1CN2CCN1CC2. The zero-order valence-corrected chi connectivity index (χ0v) is 12.6. The Bertz CT molecular complexity index is 431. The van der Waals surface area contributed by atoms with Crippen LogP contribution in [-0.2, 0) is 6.42 Å². The van der Waals surface area contributed by atoms with Crippen LogP contribution in [0.3, 0.4) is 0 Å². The minimum absolute atomic E-state index is 0.317. The molecule has 4 rings (SSSR count). The fraction of sp³-hybridized carbons (Fsp3) is 0.571. The number of nitrogens with one attached hydrogen (secondary N) is 1. The number of hydrogen-bond donors (Lipinski definition) is 2. The first kappa shape index (κ1) is 13.5. The molecule has 1 aromatic rings. The van der Waals surface area contributed by atoms with Gasteiger partial charge in [0.25, 0.3) is 0 Å². The minimum Gasteiger partial charge on any atom is -0.299 e. The van der Waals surface area contributed by atoms with Crippen LogP contribution >= 0.6 is 15.9 Å². The van der Waals surface area contributed by atoms with E-state index < -0.39 is 0 Å². The third kappa shape index (κ3) is 3.01. The molecular formula is C14H21BrN4. The van der Waals surface area contributed by atoms with Crippen LogP contribution in [0.4, 0.5) is 0 Å². The third-order valence-electron chi connectivity index (χ3n) is 4.34. The maximum absolute atomic E-state index is 5.81. The van der Waals surface area contributed by atoms with E-state index in [-0.39, 0.29) is 0 Å². The fourth-order valence-electron chi connectivity index (χ4n) is 3.26. The molecule has 0 amide bonds. The van der Waals surface area contributed by atoms with Gasteiger partial charge in [0.2, 0.25) is 0 Å². The second-order valence-corrected chi connectivity index (χ2v) is 6.43. The van der Waals surface area contributed by atoms with Crippen molar-refractivity contribution in [1.29, 1.82) is 0 Å². The molecule has 0 radical (unpaired) electrons. The third-order valence-corrected chi connectivity index (χ3v) is 4.84. The summed E-state index contributed by atoms with van der Waals surface area (Å²) in [7, 11) is 0. The van der Waals surface area contributed by atoms with Crippen LogP contribution in [0.5, 0.6) is 0 Å². The summed E-state index contributed by atoms with van der Waals surface area (Å²) in [6, 6.07) is 9.35. The van der Waals surface area contributed by atoms with Crippen LogP contribution in [0, 0.1) is 0 Å². The largest absolute Gasteiger partial charge is 0.299 e. The maximum Gasteiger partial charge on any atom is 0.0418 e. The summed E-state index contributed by atoms with van der Waals surface area (Å²) in [6.45, 7) is 5.93. The summed E-state index contributed by atoms with van der Waals surface area (Å²) >= 11 is 3.53. The maximum atomic E-state index is 5.81. The Hall–Kier alpha value is -0.460. The summed E-state index contributed by atoms with van der Waals surface area (Å²) in [5.74, 6) is 5.81. The monoisotopic (exact) mass is 324 g/mol. The van der Waals surface area contributed by atoms with Crippen molar-refractivity contribution in [2.75, 3.05) is 32.7 Å². The van der Waals surface area contributed by atoms with E-state index in [2.05, 4.69) is 55.4 Å². The highest BCUT2D eigenvalue weighted by Crippen LogP contribution is 2.21. The highest BCUT2D eigenvalue weighted by Gasteiger charge is 2.36. The second kappa shape index (κ2) is 5.89. The predicted octanol–water partition coefficient (Wildman–Crippen LogP) is 0.823. The Morgan fingerprint density at radius 3 is 2.68 bits per heavy atom. The van der Waals surface area contributed by atoms with Crippen LogP contribution < -0.4 is 11.3 Å². The number of nitrogens with two attached hydrogens (primary N) is 1. The number of piperazine rings is 3. The number of rotatable bonds is 4. The quantitative estimate of drug-likeness (QED) is 0.636. The van der Waals surface area contributed by atoms with E-state index in [0.717, 1.165) is 17.4 Å². The first-order chi connectivity index (χ1) is 9.26. The molecule has 3 heterocycles. The van der Waals surface area contributed by atoms with Crippen molar-refractivity contribution in [3.8, 4) is 0 Å². The molecule has 3 N–H and O–H groups in total. The second-order valence-electron chi connectivity index (χ2n) is 5.51. The van der Waals surface area contributed by atoms with Gasteiger partial charge in [0.15, 0.2) is 0 Å². The highest BCUT2D eigenvalue weighted by molar-refractivity contribution is 9.10. The molecule has 3 aliphatic rings. The van der Waals surface area contributed by atoms with Gasteiger partial charge in [-0.3, -0.25) is 21.1 Å². The first-order valence-corrected chi connectivity index (χ1v) is 7.72. The number of hydrogen-bond acceptors (Lipinski definition) is 4. The molecule has 0 spiro atoms. The molecule has 2 unspecified atom stereocenters. The van der Waals surface area contributed by atoms with Crippen molar-refractivity contribution >= 4 is 15.9 Å². The molecule has 104 valence electrons. The molecule has 2 atom stereocenters. The van der Waals surface area contributed by atoms with Gasteiger partial charge in [-0.1, -0.05) is 28.1 Å². The molecule has 1 aromatic carbocycles. The molecule has 3 fully saturated rings. The van der Waals surface area contributed by atoms with E-state index in [1.54, 1.807) is 0 Å². The Morgan fingerprint density at radius 1 is 1.32 bits per heavy atom. The lowest BCUT2D eigenvalue weighted by Gasteiger charge is -2.50. The predicted molar refractivity (Wildman–Crippen MR) is 80.8 cm³/mol. The van der Waals surface area contributed by atoms with Gasteiger partial charge in [-0.25, -0.2) is 0 Å². The van der Waals surface area contributed by atoms with Crippen molar-refractivity contribution < 1.29 is 0 Å². The normalized spacial score (nSPS) is 31.4. The lowest BCUT2D eigenvalue weighted by atomic mass is 9.95. The minimum atomic E-state index is 0.317. The average molecular weight is 325 g/mol. The number of benzene rings is 1. The molecular weight excluding hydrogens is 304 g/mol. The number of halogens is 1. The topological polar surface area (TPSA) is 44.5 Å². The van der Waals surface area contributed by atoms with Gasteiger partial charge < -0.3 is 0 Å². The zero-order valence-electron chi connectivity index (χ0n) is 11.1. The van der Waals surface area contributed by atoms with E-state index in [1.807, 2.05) is 0 Å². The summed E-state index contributed by atoms with van der Waals surface area (Å²) < 4.78 is 1.13. The lowest BCUT2D eigenvalue weighted by Crippen LogP contribution is -2.67. The van der Waals surface area contributed by atoms with Crippen LogP contribution in [-0.4, -0.2) is 54.6 Å². The van der Waals surface area contributed by atoms with Crippen molar-refractivity contribution in [2.45, 2.75) is 18.5 Å². The molecule has 3 saturated heterocycles. The Balaban J connectivity index is 1.70. The summed E-state index contributed by atoms with van der Waals surface area (Å²) in [4.78, 5) is 5.14. The van der Waals surface area contributed by atoms with E-state index >= 15 is 0 Å². The Kier molecular flexibility index (Phi) is 4.19. The number of fused-ring (bicyclic) bond motifs is 3. The first-order valence-electron chi connectivity index (χ1n) is 6.93. The number of hydrazine groups is 1. The summed E-state index contributed by atoms with van der Waals surface area (Å²) in [6.07, 6.45) is 0.977. The van der Waals surface area contributed by atoms with Gasteiger partial charge in [0.05, 0.1) is 0 Å². The van der Waals surface area contributed by atoms with Crippen LogP contribution in [0.1, 0.15) is 5.56 Å². The fourth-order valence-corrected chi connectivity index (χ4v) is 3.71. The van der Waals surface area contributed by atoms with E-state index in [0.29, 0.717) is 12.1 Å². The van der Waals surface area contributed by atoms with Gasteiger partial charge >= 0.3 is 0 Å². The molecule has 19 heavy (non-hydrogen) atoms. The van der Waals surface area contributed by atoms with E-state index in [4.69, 9.17) is 5.84 Å². The Morgan fingerprint density at radius 2 is 2.11 bits per heavy atom. The lowest BCUT2D eigenvalue weighted by molar-refractivity contribution is -0.00314. The molecule has 0 aliphatic carbocycles. The van der Waals surface area contributed by atoms with Gasteiger partial charge in [-0.05, 0) is 24.1 Å². The average Bonchev–Trinajstić information content (AvgIpc) is 2.46. The summed E-state index contributed by atoms with van der Waals surface area (Å²) in [5, 5.41) is 0. The molecule has 0 saturated carbocycles. The molecule has 3 aliphatic heterocycles. The van der Waals surface area contributed by atoms with Crippen LogP contribution in [0.2, 0.25) is 0 Å². The molecule has 0 aromatic heterocycles. The van der Waals surface area contributed by atoms with E-state index in [1.165, 1.54) is 31.7 Å². The highest BCUT2D eigenvalue weighted by atomic mass is 79.9. The van der Waals surface area contributed by atoms with Gasteiger partial charge in [0.1, 0.15) is 0 Å². The van der Waals surface area contributed by atoms with Crippen molar-refractivity contribution in [1.82, 2.24) is 15.2 Å². The molecule has 5 heteroatoms. The van der Waals surface area contributed by atoms with E-state index in [9.17, 15) is 0 Å². The molecule has 2 bridgehead atoms. The van der Waals surface area contributed by atoms with Crippen molar-refractivity contribution in [3.63, 3.8) is 0 Å². The van der Waals surface area contributed by atoms with Crippen molar-refractivity contribution in [3.05, 3.63) is 34.3 Å². The zero-order chi connectivity index (χ0) is 13.2. The standard InChI is InChI=1S/C14H21BrN4/c15-12-3-1-2-11(8-12)9-13(17-16)14-10-18-4-6-19(14)7-5-18/h1-3,8,13-14,17H,4-7,9-10,16H2. The molecule has 4 nitrogen and oxygen atoms in total. The van der Waals surface area contributed by atoms with Gasteiger partial charge in [-0.2, -0.15) is 0 Å². The van der Waals surface area contributed by atoms with Crippen molar-refractivity contribution in [2.24, 2.45) is 5.84 Å². The number of nitrogens with zero attached hydrogens (tertiary/aromatic N) is 2. The van der Waals surface area contributed by atoms with Crippen LogP contribution in [0.25, 0.3) is 0 Å². The smallest absolute Gasteiger partial charge is 0.0418 e. The van der Waals surface area contributed by atoms with Crippen LogP contribution in [0.15, 0.2) is 28.7 Å². The van der Waals surface area contributed by atoms with Gasteiger partial charge in [0, 0.05) is 49.3 Å². The Labute approximate surface area is 123 Å².